The van der Waals surface area contributed by atoms with E-state index in [1.807, 2.05) is 30.1 Å². The molecule has 1 N–H and O–H groups in total. The molecule has 1 atom stereocenters. The monoisotopic (exact) mass is 355 g/mol. The van der Waals surface area contributed by atoms with Gasteiger partial charge in [-0.3, -0.25) is 9.69 Å². The molecule has 1 aliphatic heterocycles. The van der Waals surface area contributed by atoms with Gasteiger partial charge in [0.25, 0.3) is 5.91 Å². The SMILES string of the molecule is COc1ccc(Br)cc1CN(C)CN1C(=O)NC(C)C1=O. The van der Waals surface area contributed by atoms with E-state index in [2.05, 4.69) is 21.2 Å². The van der Waals surface area contributed by atoms with Gasteiger partial charge in [0.05, 0.1) is 13.8 Å². The Hall–Kier alpha value is -1.60. The van der Waals surface area contributed by atoms with Crippen LogP contribution in [0.3, 0.4) is 0 Å². The van der Waals surface area contributed by atoms with Crippen LogP contribution in [0.2, 0.25) is 0 Å². The molecule has 0 aromatic heterocycles. The maximum Gasteiger partial charge on any atom is 0.325 e. The number of nitrogens with one attached hydrogen (secondary N) is 1. The van der Waals surface area contributed by atoms with E-state index < -0.39 is 6.04 Å². The Morgan fingerprint density at radius 2 is 2.14 bits per heavy atom. The van der Waals surface area contributed by atoms with Gasteiger partial charge in [-0.25, -0.2) is 9.69 Å². The van der Waals surface area contributed by atoms with Crippen LogP contribution in [0.5, 0.6) is 5.75 Å². The molecule has 6 nitrogen and oxygen atoms in total. The Bertz CT molecular complexity index is 564. The highest BCUT2D eigenvalue weighted by Crippen LogP contribution is 2.24. The first-order valence-corrected chi connectivity index (χ1v) is 7.34. The van der Waals surface area contributed by atoms with E-state index in [9.17, 15) is 9.59 Å². The summed E-state index contributed by atoms with van der Waals surface area (Å²) in [4.78, 5) is 26.7. The predicted octanol–water partition coefficient (Wildman–Crippen LogP) is 1.79. The van der Waals surface area contributed by atoms with Gasteiger partial charge in [-0.15, -0.1) is 0 Å². The average Bonchev–Trinajstić information content (AvgIpc) is 2.66. The first kappa shape index (κ1) is 15.8. The molecule has 0 aliphatic carbocycles. The molecule has 21 heavy (non-hydrogen) atoms. The molecule has 1 aliphatic rings. The highest BCUT2D eigenvalue weighted by Gasteiger charge is 2.35. The zero-order chi connectivity index (χ0) is 15.6. The second-order valence-corrected chi connectivity index (χ2v) is 5.96. The smallest absolute Gasteiger partial charge is 0.325 e. The number of ether oxygens (including phenoxy) is 1. The molecule has 7 heteroatoms. The third-order valence-corrected chi connectivity index (χ3v) is 3.78. The molecule has 1 heterocycles. The van der Waals surface area contributed by atoms with Gasteiger partial charge in [-0.2, -0.15) is 0 Å². The standard InChI is InChI=1S/C14H18BrN3O3/c1-9-13(19)18(14(20)16-9)8-17(2)7-10-6-11(15)4-5-12(10)21-3/h4-6,9H,7-8H2,1-3H3,(H,16,20). The van der Waals surface area contributed by atoms with Crippen molar-refractivity contribution in [3.8, 4) is 5.75 Å². The van der Waals surface area contributed by atoms with Crippen LogP contribution in [0.15, 0.2) is 22.7 Å². The third kappa shape index (κ3) is 3.54. The summed E-state index contributed by atoms with van der Waals surface area (Å²) in [7, 11) is 3.47. The minimum Gasteiger partial charge on any atom is -0.496 e. The van der Waals surface area contributed by atoms with Crippen molar-refractivity contribution in [3.05, 3.63) is 28.2 Å². The Morgan fingerprint density at radius 1 is 1.43 bits per heavy atom. The maximum absolute atomic E-state index is 11.9. The fourth-order valence-corrected chi connectivity index (χ4v) is 2.65. The molecule has 0 bridgehead atoms. The summed E-state index contributed by atoms with van der Waals surface area (Å²) >= 11 is 3.43. The van der Waals surface area contributed by atoms with Gasteiger partial charge in [0.15, 0.2) is 0 Å². The van der Waals surface area contributed by atoms with E-state index >= 15 is 0 Å². The summed E-state index contributed by atoms with van der Waals surface area (Å²) in [5, 5.41) is 2.60. The largest absolute Gasteiger partial charge is 0.496 e. The number of imide groups is 1. The van der Waals surface area contributed by atoms with Crippen molar-refractivity contribution in [2.45, 2.75) is 19.5 Å². The molecule has 2 rings (SSSR count). The van der Waals surface area contributed by atoms with Crippen molar-refractivity contribution in [2.24, 2.45) is 0 Å². The summed E-state index contributed by atoms with van der Waals surface area (Å²) < 4.78 is 6.28. The summed E-state index contributed by atoms with van der Waals surface area (Å²) in [6.07, 6.45) is 0. The molecule has 1 aromatic carbocycles. The number of amides is 3. The Morgan fingerprint density at radius 3 is 2.71 bits per heavy atom. The molecule has 114 valence electrons. The van der Waals surface area contributed by atoms with Crippen LogP contribution >= 0.6 is 15.9 Å². The quantitative estimate of drug-likeness (QED) is 0.818. The van der Waals surface area contributed by atoms with Gasteiger partial charge in [0.2, 0.25) is 0 Å². The number of benzene rings is 1. The summed E-state index contributed by atoms with van der Waals surface area (Å²) in [6, 6.07) is 4.95. The number of halogens is 1. The minimum absolute atomic E-state index is 0.201. The summed E-state index contributed by atoms with van der Waals surface area (Å²) in [6.45, 7) is 2.48. The van der Waals surface area contributed by atoms with E-state index in [0.717, 1.165) is 15.8 Å². The molecule has 0 spiro atoms. The molecule has 0 saturated carbocycles. The van der Waals surface area contributed by atoms with Crippen molar-refractivity contribution < 1.29 is 14.3 Å². The second-order valence-electron chi connectivity index (χ2n) is 5.05. The van der Waals surface area contributed by atoms with Gasteiger partial charge in [-0.05, 0) is 32.2 Å². The van der Waals surface area contributed by atoms with Crippen LogP contribution in [0.4, 0.5) is 4.79 Å². The van der Waals surface area contributed by atoms with Crippen molar-refractivity contribution in [1.29, 1.82) is 0 Å². The molecule has 1 aromatic rings. The molecular weight excluding hydrogens is 338 g/mol. The number of hydrogen-bond donors (Lipinski definition) is 1. The fraction of sp³-hybridized carbons (Fsp3) is 0.429. The number of nitrogens with zero attached hydrogens (tertiary/aromatic N) is 2. The molecule has 1 saturated heterocycles. The zero-order valence-corrected chi connectivity index (χ0v) is 13.8. The Labute approximate surface area is 132 Å². The van der Waals surface area contributed by atoms with E-state index in [1.165, 1.54) is 4.90 Å². The van der Waals surface area contributed by atoms with Crippen molar-refractivity contribution in [2.75, 3.05) is 20.8 Å². The number of urea groups is 1. The van der Waals surface area contributed by atoms with Crippen LogP contribution in [-0.2, 0) is 11.3 Å². The molecule has 0 radical (unpaired) electrons. The van der Waals surface area contributed by atoms with E-state index in [1.54, 1.807) is 14.0 Å². The molecule has 1 fully saturated rings. The molecule has 3 amide bonds. The van der Waals surface area contributed by atoms with E-state index in [0.29, 0.717) is 6.54 Å². The van der Waals surface area contributed by atoms with E-state index in [4.69, 9.17) is 4.74 Å². The van der Waals surface area contributed by atoms with Crippen LogP contribution < -0.4 is 10.1 Å². The number of rotatable bonds is 5. The second kappa shape index (κ2) is 6.44. The van der Waals surface area contributed by atoms with E-state index in [-0.39, 0.29) is 18.6 Å². The lowest BCUT2D eigenvalue weighted by atomic mass is 10.2. The Kier molecular flexibility index (Phi) is 4.84. The minimum atomic E-state index is -0.452. The van der Waals surface area contributed by atoms with Gasteiger partial charge in [-0.1, -0.05) is 15.9 Å². The van der Waals surface area contributed by atoms with Gasteiger partial charge < -0.3 is 10.1 Å². The van der Waals surface area contributed by atoms with Crippen LogP contribution in [0.25, 0.3) is 0 Å². The predicted molar refractivity (Wildman–Crippen MR) is 81.9 cm³/mol. The van der Waals surface area contributed by atoms with Gasteiger partial charge in [0.1, 0.15) is 11.8 Å². The van der Waals surface area contributed by atoms with Crippen LogP contribution in [0, 0.1) is 0 Å². The lowest BCUT2D eigenvalue weighted by Crippen LogP contribution is -2.40. The molecular formula is C14H18BrN3O3. The highest BCUT2D eigenvalue weighted by atomic mass is 79.9. The van der Waals surface area contributed by atoms with Gasteiger partial charge >= 0.3 is 6.03 Å². The molecule has 1 unspecified atom stereocenters. The first-order valence-electron chi connectivity index (χ1n) is 6.55. The third-order valence-electron chi connectivity index (χ3n) is 3.29. The topological polar surface area (TPSA) is 61.9 Å². The highest BCUT2D eigenvalue weighted by molar-refractivity contribution is 9.10. The van der Waals surface area contributed by atoms with Gasteiger partial charge in [0, 0.05) is 16.6 Å². The van der Waals surface area contributed by atoms with Crippen molar-refractivity contribution in [1.82, 2.24) is 15.1 Å². The normalized spacial score (nSPS) is 18.3. The number of carbonyl (C=O) groups is 2. The zero-order valence-electron chi connectivity index (χ0n) is 12.2. The summed E-state index contributed by atoms with van der Waals surface area (Å²) in [5.74, 6) is 0.573. The summed E-state index contributed by atoms with van der Waals surface area (Å²) in [5.41, 5.74) is 0.981. The average molecular weight is 356 g/mol. The van der Waals surface area contributed by atoms with Crippen LogP contribution in [-0.4, -0.2) is 48.6 Å². The lowest BCUT2D eigenvalue weighted by Gasteiger charge is -2.23. The lowest BCUT2D eigenvalue weighted by molar-refractivity contribution is -0.128. The first-order chi connectivity index (χ1) is 9.92. The number of carbonyl (C=O) groups excluding carboxylic acids is 2. The maximum atomic E-state index is 11.9. The fourth-order valence-electron chi connectivity index (χ4n) is 2.25. The van der Waals surface area contributed by atoms with Crippen molar-refractivity contribution >= 4 is 27.9 Å². The van der Waals surface area contributed by atoms with Crippen molar-refractivity contribution in [3.63, 3.8) is 0 Å². The number of hydrogen-bond acceptors (Lipinski definition) is 4. The number of methoxy groups -OCH3 is 1. The Balaban J connectivity index is 2.05. The van der Waals surface area contributed by atoms with Crippen LogP contribution in [0.1, 0.15) is 12.5 Å².